The zero-order valence-corrected chi connectivity index (χ0v) is 18.0. The van der Waals surface area contributed by atoms with Gasteiger partial charge >= 0.3 is 0 Å². The van der Waals surface area contributed by atoms with Crippen molar-refractivity contribution in [3.05, 3.63) is 47.5 Å². The number of amides is 1. The highest BCUT2D eigenvalue weighted by Crippen LogP contribution is 2.34. The van der Waals surface area contributed by atoms with Gasteiger partial charge in [0.25, 0.3) is 0 Å². The van der Waals surface area contributed by atoms with Crippen molar-refractivity contribution in [1.82, 2.24) is 10.3 Å². The number of aryl methyl sites for hydroxylation is 1. The van der Waals surface area contributed by atoms with E-state index in [-0.39, 0.29) is 17.4 Å². The fourth-order valence-corrected chi connectivity index (χ4v) is 3.72. The van der Waals surface area contributed by atoms with E-state index in [0.29, 0.717) is 0 Å². The summed E-state index contributed by atoms with van der Waals surface area (Å²) in [6.45, 7) is 13.3. The van der Waals surface area contributed by atoms with Gasteiger partial charge in [-0.2, -0.15) is 0 Å². The molecule has 2 unspecified atom stereocenters. The van der Waals surface area contributed by atoms with Crippen molar-refractivity contribution in [3.63, 3.8) is 0 Å². The Morgan fingerprint density at radius 1 is 1.36 bits per heavy atom. The highest BCUT2D eigenvalue weighted by molar-refractivity contribution is 5.91. The van der Waals surface area contributed by atoms with Crippen LogP contribution in [0.5, 0.6) is 0 Å². The van der Waals surface area contributed by atoms with Crippen molar-refractivity contribution in [3.8, 4) is 0 Å². The fraction of sp³-hybridized carbons (Fsp3) is 0.565. The normalized spacial score (nSPS) is 25.5. The van der Waals surface area contributed by atoms with E-state index < -0.39 is 5.54 Å². The Kier molecular flexibility index (Phi) is 5.55. The Bertz CT molecular complexity index is 789. The Balaban J connectivity index is 1.83. The van der Waals surface area contributed by atoms with E-state index in [4.69, 9.17) is 4.74 Å². The molecule has 0 spiro atoms. The molecule has 1 aromatic rings. The molecule has 0 radical (unpaired) electrons. The van der Waals surface area contributed by atoms with Crippen molar-refractivity contribution in [1.29, 1.82) is 0 Å². The molecule has 5 heteroatoms. The number of rotatable bonds is 3. The van der Waals surface area contributed by atoms with Crippen LogP contribution >= 0.6 is 0 Å². The molecule has 3 rings (SSSR count). The maximum absolute atomic E-state index is 13.3. The molecule has 5 nitrogen and oxygen atoms in total. The molecule has 1 N–H and O–H groups in total. The maximum atomic E-state index is 13.3. The molecule has 0 aliphatic carbocycles. The van der Waals surface area contributed by atoms with E-state index in [1.807, 2.05) is 38.3 Å². The molecule has 2 aliphatic heterocycles. The smallest absolute Gasteiger partial charge is 0.250 e. The quantitative estimate of drug-likeness (QED) is 0.836. The Labute approximate surface area is 168 Å². The van der Waals surface area contributed by atoms with E-state index in [2.05, 4.69) is 49.0 Å². The summed E-state index contributed by atoms with van der Waals surface area (Å²) in [7, 11) is 0. The van der Waals surface area contributed by atoms with Gasteiger partial charge in [0.15, 0.2) is 0 Å². The second kappa shape index (κ2) is 7.61. The van der Waals surface area contributed by atoms with Crippen LogP contribution in [-0.2, 0) is 9.53 Å². The standard InChI is InChI=1S/C23H33N3O2/c1-16-8-11-20(24-15-16)26-13-7-12-23(26,6)21(27)25-18-10-9-17(2)28-19(14-18)22(3,4)5/h8,10-11,14-15,17H,7,9,12-13H2,1-6H3,(H,25,27). The van der Waals surface area contributed by atoms with Crippen LogP contribution in [0, 0.1) is 12.3 Å². The van der Waals surface area contributed by atoms with Gasteiger partial charge in [0.1, 0.15) is 17.1 Å². The molecule has 1 aromatic heterocycles. The van der Waals surface area contributed by atoms with Crippen LogP contribution in [0.2, 0.25) is 0 Å². The lowest BCUT2D eigenvalue weighted by Crippen LogP contribution is -2.53. The molecule has 28 heavy (non-hydrogen) atoms. The molecule has 152 valence electrons. The van der Waals surface area contributed by atoms with Crippen LogP contribution in [0.25, 0.3) is 0 Å². The number of hydrogen-bond acceptors (Lipinski definition) is 4. The van der Waals surface area contributed by atoms with Crippen LogP contribution in [-0.4, -0.2) is 29.1 Å². The maximum Gasteiger partial charge on any atom is 0.250 e. The molecule has 0 bridgehead atoms. The van der Waals surface area contributed by atoms with Crippen molar-refractivity contribution >= 4 is 11.7 Å². The summed E-state index contributed by atoms with van der Waals surface area (Å²) < 4.78 is 6.08. The topological polar surface area (TPSA) is 54.5 Å². The second-order valence-corrected chi connectivity index (χ2v) is 9.26. The SMILES string of the molecule is Cc1ccc(N2CCCC2(C)C(=O)NC2=CCC(C)OC(C(C)(C)C)=C2)nc1. The average Bonchev–Trinajstić information content (AvgIpc) is 2.91. The molecule has 0 saturated carbocycles. The van der Waals surface area contributed by atoms with Crippen molar-refractivity contribution in [2.24, 2.45) is 5.41 Å². The van der Waals surface area contributed by atoms with Crippen molar-refractivity contribution in [2.45, 2.75) is 72.4 Å². The number of carbonyl (C=O) groups excluding carboxylic acids is 1. The van der Waals surface area contributed by atoms with Crippen LogP contribution in [0.3, 0.4) is 0 Å². The van der Waals surface area contributed by atoms with Gasteiger partial charge in [-0.15, -0.1) is 0 Å². The summed E-state index contributed by atoms with van der Waals surface area (Å²) in [6, 6.07) is 4.05. The summed E-state index contributed by atoms with van der Waals surface area (Å²) >= 11 is 0. The molecular formula is C23H33N3O2. The molecule has 1 amide bonds. The summed E-state index contributed by atoms with van der Waals surface area (Å²) in [6.07, 6.45) is 8.55. The highest BCUT2D eigenvalue weighted by atomic mass is 16.5. The Hall–Kier alpha value is -2.30. The largest absolute Gasteiger partial charge is 0.494 e. The molecular weight excluding hydrogens is 350 g/mol. The number of hydrogen-bond donors (Lipinski definition) is 1. The third-order valence-corrected chi connectivity index (χ3v) is 5.58. The van der Waals surface area contributed by atoms with Gasteiger partial charge in [-0.05, 0) is 51.3 Å². The lowest BCUT2D eigenvalue weighted by Gasteiger charge is -2.35. The lowest BCUT2D eigenvalue weighted by molar-refractivity contribution is -0.124. The van der Waals surface area contributed by atoms with Gasteiger partial charge in [-0.3, -0.25) is 4.79 Å². The second-order valence-electron chi connectivity index (χ2n) is 9.26. The number of allylic oxidation sites excluding steroid dienone is 2. The zero-order chi connectivity index (χ0) is 20.5. The number of ether oxygens (including phenoxy) is 1. The molecule has 1 fully saturated rings. The van der Waals surface area contributed by atoms with E-state index in [1.165, 1.54) is 0 Å². The van der Waals surface area contributed by atoms with Crippen molar-refractivity contribution < 1.29 is 9.53 Å². The zero-order valence-electron chi connectivity index (χ0n) is 18.0. The van der Waals surface area contributed by atoms with E-state index in [0.717, 1.165) is 48.6 Å². The predicted octanol–water partition coefficient (Wildman–Crippen LogP) is 4.49. The third kappa shape index (κ3) is 4.23. The van der Waals surface area contributed by atoms with Crippen LogP contribution in [0.1, 0.15) is 59.4 Å². The number of nitrogens with one attached hydrogen (secondary N) is 1. The number of pyridine rings is 1. The first kappa shape index (κ1) is 20.4. The van der Waals surface area contributed by atoms with Gasteiger partial charge in [-0.25, -0.2) is 4.98 Å². The monoisotopic (exact) mass is 383 g/mol. The first-order valence-electron chi connectivity index (χ1n) is 10.2. The first-order chi connectivity index (χ1) is 13.1. The lowest BCUT2D eigenvalue weighted by atomic mass is 9.93. The molecule has 3 heterocycles. The summed E-state index contributed by atoms with van der Waals surface area (Å²) in [5, 5.41) is 3.17. The van der Waals surface area contributed by atoms with E-state index >= 15 is 0 Å². The number of aromatic nitrogens is 1. The minimum atomic E-state index is -0.613. The van der Waals surface area contributed by atoms with Gasteiger partial charge in [0, 0.05) is 30.3 Å². The first-order valence-corrected chi connectivity index (χ1v) is 10.2. The molecule has 2 aliphatic rings. The van der Waals surface area contributed by atoms with Crippen LogP contribution in [0.4, 0.5) is 5.82 Å². The van der Waals surface area contributed by atoms with Crippen LogP contribution < -0.4 is 10.2 Å². The minimum absolute atomic E-state index is 0.0117. The third-order valence-electron chi connectivity index (χ3n) is 5.58. The number of anilines is 1. The molecule has 2 atom stereocenters. The Morgan fingerprint density at radius 2 is 2.11 bits per heavy atom. The predicted molar refractivity (Wildman–Crippen MR) is 113 cm³/mol. The van der Waals surface area contributed by atoms with E-state index in [9.17, 15) is 4.79 Å². The van der Waals surface area contributed by atoms with Gasteiger partial charge < -0.3 is 15.0 Å². The van der Waals surface area contributed by atoms with Crippen molar-refractivity contribution in [2.75, 3.05) is 11.4 Å². The highest BCUT2D eigenvalue weighted by Gasteiger charge is 2.44. The number of nitrogens with zero attached hydrogens (tertiary/aromatic N) is 2. The molecule has 1 saturated heterocycles. The summed E-state index contributed by atoms with van der Waals surface area (Å²) in [4.78, 5) is 20.0. The minimum Gasteiger partial charge on any atom is -0.494 e. The number of carbonyl (C=O) groups is 1. The van der Waals surface area contributed by atoms with Crippen LogP contribution in [0.15, 0.2) is 41.9 Å². The fourth-order valence-electron chi connectivity index (χ4n) is 3.72. The summed E-state index contributed by atoms with van der Waals surface area (Å²) in [5.74, 6) is 1.77. The molecule has 0 aromatic carbocycles. The summed E-state index contributed by atoms with van der Waals surface area (Å²) in [5.41, 5.74) is 1.21. The average molecular weight is 384 g/mol. The van der Waals surface area contributed by atoms with E-state index in [1.54, 1.807) is 0 Å². The Morgan fingerprint density at radius 3 is 2.75 bits per heavy atom. The van der Waals surface area contributed by atoms with Gasteiger partial charge in [-0.1, -0.05) is 32.9 Å². The van der Waals surface area contributed by atoms with Gasteiger partial charge in [0.05, 0.1) is 6.10 Å². The van der Waals surface area contributed by atoms with Gasteiger partial charge in [0.2, 0.25) is 5.91 Å².